The summed E-state index contributed by atoms with van der Waals surface area (Å²) in [4.78, 5) is 6.57. The maximum atomic E-state index is 5.64. The van der Waals surface area contributed by atoms with E-state index in [0.29, 0.717) is 12.0 Å². The summed E-state index contributed by atoms with van der Waals surface area (Å²) in [5.41, 5.74) is 0. The van der Waals surface area contributed by atoms with Crippen LogP contribution in [0.15, 0.2) is 4.99 Å². The van der Waals surface area contributed by atoms with Gasteiger partial charge in [0.1, 0.15) is 0 Å². The van der Waals surface area contributed by atoms with Crippen LogP contribution in [0.25, 0.3) is 0 Å². The van der Waals surface area contributed by atoms with Gasteiger partial charge in [-0.25, -0.2) is 0 Å². The molecule has 23 heavy (non-hydrogen) atoms. The lowest BCUT2D eigenvalue weighted by Gasteiger charge is -2.27. The van der Waals surface area contributed by atoms with Crippen LogP contribution in [0.1, 0.15) is 39.5 Å². The number of hydrogen-bond acceptors (Lipinski definition) is 3. The molecular formula is C17H37IN4O. The largest absolute Gasteiger partial charge is 0.381 e. The lowest BCUT2D eigenvalue weighted by atomic mass is 10.0. The van der Waals surface area contributed by atoms with Crippen LogP contribution in [0.2, 0.25) is 0 Å². The van der Waals surface area contributed by atoms with Gasteiger partial charge in [-0.3, -0.25) is 4.99 Å². The quantitative estimate of drug-likeness (QED) is 0.225. The van der Waals surface area contributed by atoms with Crippen molar-refractivity contribution < 1.29 is 4.74 Å². The van der Waals surface area contributed by atoms with Gasteiger partial charge in [-0.05, 0) is 51.6 Å². The molecule has 0 spiro atoms. The number of likely N-dealkylation sites (N-methyl/N-ethyl adjacent to an activating group) is 1. The number of nitrogens with one attached hydrogen (secondary N) is 2. The van der Waals surface area contributed by atoms with Crippen molar-refractivity contribution >= 4 is 29.9 Å². The van der Waals surface area contributed by atoms with Crippen molar-refractivity contribution in [3.05, 3.63) is 0 Å². The molecule has 0 aromatic carbocycles. The molecule has 138 valence electrons. The zero-order valence-corrected chi connectivity index (χ0v) is 17.9. The van der Waals surface area contributed by atoms with Gasteiger partial charge in [0.15, 0.2) is 5.96 Å². The van der Waals surface area contributed by atoms with Gasteiger partial charge < -0.3 is 20.3 Å². The summed E-state index contributed by atoms with van der Waals surface area (Å²) < 4.78 is 5.64. The van der Waals surface area contributed by atoms with Crippen LogP contribution in [-0.4, -0.2) is 64.3 Å². The third kappa shape index (κ3) is 12.0. The van der Waals surface area contributed by atoms with Gasteiger partial charge in [0, 0.05) is 39.4 Å². The Morgan fingerprint density at radius 2 is 1.96 bits per heavy atom. The van der Waals surface area contributed by atoms with E-state index in [1.807, 2.05) is 7.05 Å². The molecule has 1 fully saturated rings. The molecule has 0 aromatic heterocycles. The summed E-state index contributed by atoms with van der Waals surface area (Å²) in [6, 6.07) is 0.528. The molecule has 1 saturated carbocycles. The van der Waals surface area contributed by atoms with Crippen molar-refractivity contribution in [2.75, 3.05) is 47.4 Å². The van der Waals surface area contributed by atoms with Crippen LogP contribution >= 0.6 is 24.0 Å². The SMILES string of the molecule is CN=C(NCCCOCC1CC1)NCC(CC(C)C)N(C)C.I. The Balaban J connectivity index is 0.00000484. The minimum atomic E-state index is 0. The number of hydrogen-bond donors (Lipinski definition) is 2. The van der Waals surface area contributed by atoms with Gasteiger partial charge >= 0.3 is 0 Å². The fourth-order valence-corrected chi connectivity index (χ4v) is 2.37. The third-order valence-corrected chi connectivity index (χ3v) is 4.01. The van der Waals surface area contributed by atoms with E-state index in [0.717, 1.165) is 44.6 Å². The minimum absolute atomic E-state index is 0. The Kier molecular flexibility index (Phi) is 13.2. The zero-order valence-electron chi connectivity index (χ0n) is 15.6. The van der Waals surface area contributed by atoms with Crippen LogP contribution in [0, 0.1) is 11.8 Å². The zero-order chi connectivity index (χ0) is 16.4. The van der Waals surface area contributed by atoms with Crippen molar-refractivity contribution in [1.82, 2.24) is 15.5 Å². The van der Waals surface area contributed by atoms with Crippen LogP contribution in [-0.2, 0) is 4.74 Å². The molecule has 0 amide bonds. The summed E-state index contributed by atoms with van der Waals surface area (Å²) in [6.45, 7) is 8.15. The molecule has 1 aliphatic rings. The Morgan fingerprint density at radius 1 is 1.26 bits per heavy atom. The molecular weight excluding hydrogens is 403 g/mol. The van der Waals surface area contributed by atoms with Gasteiger partial charge in [0.2, 0.25) is 0 Å². The van der Waals surface area contributed by atoms with Gasteiger partial charge in [-0.2, -0.15) is 0 Å². The molecule has 1 atom stereocenters. The van der Waals surface area contributed by atoms with Crippen molar-refractivity contribution in [1.29, 1.82) is 0 Å². The van der Waals surface area contributed by atoms with Gasteiger partial charge in [-0.1, -0.05) is 13.8 Å². The first kappa shape index (κ1) is 22.9. The molecule has 0 saturated heterocycles. The normalized spacial score (nSPS) is 16.4. The fourth-order valence-electron chi connectivity index (χ4n) is 2.37. The highest BCUT2D eigenvalue weighted by molar-refractivity contribution is 14.0. The van der Waals surface area contributed by atoms with E-state index in [2.05, 4.69) is 48.5 Å². The van der Waals surface area contributed by atoms with Crippen LogP contribution in [0.4, 0.5) is 0 Å². The second kappa shape index (κ2) is 13.2. The second-order valence-corrected chi connectivity index (χ2v) is 7.00. The molecule has 5 nitrogen and oxygen atoms in total. The van der Waals surface area contributed by atoms with E-state index in [-0.39, 0.29) is 24.0 Å². The molecule has 1 unspecified atom stereocenters. The minimum Gasteiger partial charge on any atom is -0.381 e. The van der Waals surface area contributed by atoms with Crippen LogP contribution in [0.3, 0.4) is 0 Å². The third-order valence-electron chi connectivity index (χ3n) is 4.01. The second-order valence-electron chi connectivity index (χ2n) is 7.00. The number of nitrogens with zero attached hydrogens (tertiary/aromatic N) is 2. The summed E-state index contributed by atoms with van der Waals surface area (Å²) in [6.07, 6.45) is 4.93. The molecule has 0 heterocycles. The number of rotatable bonds is 11. The average molecular weight is 440 g/mol. The monoisotopic (exact) mass is 440 g/mol. The number of halogens is 1. The Morgan fingerprint density at radius 3 is 2.48 bits per heavy atom. The average Bonchev–Trinajstić information content (AvgIpc) is 3.27. The standard InChI is InChI=1S/C17H36N4O.HI/c1-14(2)11-16(21(4)5)12-20-17(18-3)19-9-6-10-22-13-15-7-8-15;/h14-16H,6-13H2,1-5H3,(H2,18,19,20);1H. The van der Waals surface area contributed by atoms with E-state index < -0.39 is 0 Å². The van der Waals surface area contributed by atoms with Crippen molar-refractivity contribution in [3.63, 3.8) is 0 Å². The Bertz CT molecular complexity index is 320. The summed E-state index contributed by atoms with van der Waals surface area (Å²) in [5, 5.41) is 6.79. The van der Waals surface area contributed by atoms with E-state index in [4.69, 9.17) is 4.74 Å². The molecule has 0 aromatic rings. The van der Waals surface area contributed by atoms with Gasteiger partial charge in [0.05, 0.1) is 0 Å². The van der Waals surface area contributed by atoms with Crippen LogP contribution < -0.4 is 10.6 Å². The van der Waals surface area contributed by atoms with E-state index in [1.165, 1.54) is 19.3 Å². The summed E-state index contributed by atoms with van der Waals surface area (Å²) in [7, 11) is 6.11. The number of ether oxygens (including phenoxy) is 1. The maximum Gasteiger partial charge on any atom is 0.191 e. The molecule has 1 aliphatic carbocycles. The highest BCUT2D eigenvalue weighted by Crippen LogP contribution is 2.28. The topological polar surface area (TPSA) is 48.9 Å². The predicted molar refractivity (Wildman–Crippen MR) is 110 cm³/mol. The Labute approximate surface area is 160 Å². The van der Waals surface area contributed by atoms with Crippen molar-refractivity contribution in [3.8, 4) is 0 Å². The Hall–Kier alpha value is -0.0800. The van der Waals surface area contributed by atoms with Gasteiger partial charge in [-0.15, -0.1) is 24.0 Å². The molecule has 0 bridgehead atoms. The predicted octanol–water partition coefficient (Wildman–Crippen LogP) is 2.56. The van der Waals surface area contributed by atoms with Crippen LogP contribution in [0.5, 0.6) is 0 Å². The summed E-state index contributed by atoms with van der Waals surface area (Å²) >= 11 is 0. The number of aliphatic imine (C=N–C) groups is 1. The fraction of sp³-hybridized carbons (Fsp3) is 0.941. The molecule has 6 heteroatoms. The highest BCUT2D eigenvalue weighted by atomic mass is 127. The molecule has 0 aliphatic heterocycles. The van der Waals surface area contributed by atoms with E-state index >= 15 is 0 Å². The maximum absolute atomic E-state index is 5.64. The highest BCUT2D eigenvalue weighted by Gasteiger charge is 2.20. The summed E-state index contributed by atoms with van der Waals surface area (Å²) in [5.74, 6) is 2.44. The number of guanidine groups is 1. The smallest absolute Gasteiger partial charge is 0.191 e. The lowest BCUT2D eigenvalue weighted by molar-refractivity contribution is 0.123. The van der Waals surface area contributed by atoms with Gasteiger partial charge in [0.25, 0.3) is 0 Å². The van der Waals surface area contributed by atoms with E-state index in [9.17, 15) is 0 Å². The van der Waals surface area contributed by atoms with Crippen molar-refractivity contribution in [2.24, 2.45) is 16.8 Å². The molecule has 0 radical (unpaired) electrons. The van der Waals surface area contributed by atoms with Crippen molar-refractivity contribution in [2.45, 2.75) is 45.6 Å². The first-order valence-corrected chi connectivity index (χ1v) is 8.71. The molecule has 2 N–H and O–H groups in total. The van der Waals surface area contributed by atoms with E-state index in [1.54, 1.807) is 0 Å². The first-order valence-electron chi connectivity index (χ1n) is 8.71. The lowest BCUT2D eigenvalue weighted by Crippen LogP contribution is -2.45. The first-order chi connectivity index (χ1) is 10.5. The molecule has 1 rings (SSSR count).